The Hall–Kier alpha value is -3.28. The summed E-state index contributed by atoms with van der Waals surface area (Å²) < 4.78 is 13.4. The fourth-order valence-corrected chi connectivity index (χ4v) is 3.27. The molecule has 0 saturated heterocycles. The standard InChI is InChI=1S/C24H27FN4O.C4H10.C2H6/c1-3-12-29(13-4-2)23-11-8-18(16-27-23)14-24(30)28-21-9-10-22(26-17-21)19-6-5-7-20(25)15-19;1-3-4-2;1-2/h5-11,15-17H,3-4,12-14H2,1-2H3,(H,28,30);3-4H2,1-2H3;1-2H3. The van der Waals surface area contributed by atoms with Crippen LogP contribution in [0.25, 0.3) is 11.3 Å². The van der Waals surface area contributed by atoms with Crippen molar-refractivity contribution in [1.82, 2.24) is 9.97 Å². The monoisotopic (exact) mass is 494 g/mol. The molecular weight excluding hydrogens is 451 g/mol. The number of benzene rings is 1. The lowest BCUT2D eigenvalue weighted by Gasteiger charge is -2.22. The Kier molecular flexibility index (Phi) is 15.4. The molecule has 0 spiro atoms. The molecule has 0 saturated carbocycles. The lowest BCUT2D eigenvalue weighted by atomic mass is 10.1. The van der Waals surface area contributed by atoms with Crippen LogP contribution in [0.2, 0.25) is 0 Å². The lowest BCUT2D eigenvalue weighted by Crippen LogP contribution is -2.25. The predicted octanol–water partition coefficient (Wildman–Crippen LogP) is 7.92. The van der Waals surface area contributed by atoms with Crippen LogP contribution in [-0.4, -0.2) is 29.0 Å². The molecule has 0 aliphatic carbocycles. The molecule has 0 unspecified atom stereocenters. The summed E-state index contributed by atoms with van der Waals surface area (Å²) in [6, 6.07) is 13.7. The Labute approximate surface area is 217 Å². The number of nitrogens with zero attached hydrogens (tertiary/aromatic N) is 3. The molecule has 2 heterocycles. The van der Waals surface area contributed by atoms with Gasteiger partial charge in [0.2, 0.25) is 5.91 Å². The van der Waals surface area contributed by atoms with Crippen molar-refractivity contribution in [1.29, 1.82) is 0 Å². The predicted molar refractivity (Wildman–Crippen MR) is 151 cm³/mol. The first-order chi connectivity index (χ1) is 17.5. The zero-order valence-electron chi connectivity index (χ0n) is 22.9. The molecule has 1 amide bonds. The zero-order chi connectivity index (χ0) is 26.8. The second-order valence-corrected chi connectivity index (χ2v) is 8.18. The minimum atomic E-state index is -0.307. The first kappa shape index (κ1) is 30.8. The van der Waals surface area contributed by atoms with E-state index in [2.05, 4.69) is 47.9 Å². The molecule has 0 bridgehead atoms. The number of pyridine rings is 2. The number of amides is 1. The summed E-state index contributed by atoms with van der Waals surface area (Å²) in [5, 5.41) is 2.84. The van der Waals surface area contributed by atoms with Gasteiger partial charge in [0.05, 0.1) is 24.0 Å². The van der Waals surface area contributed by atoms with Crippen LogP contribution in [0.15, 0.2) is 60.9 Å². The highest BCUT2D eigenvalue weighted by Gasteiger charge is 2.09. The molecule has 196 valence electrons. The summed E-state index contributed by atoms with van der Waals surface area (Å²) in [5.41, 5.74) is 2.80. The van der Waals surface area contributed by atoms with Gasteiger partial charge >= 0.3 is 0 Å². The summed E-state index contributed by atoms with van der Waals surface area (Å²) >= 11 is 0. The Morgan fingerprint density at radius 3 is 2.06 bits per heavy atom. The number of nitrogens with one attached hydrogen (secondary N) is 1. The normalized spacial score (nSPS) is 9.86. The third-order valence-electron chi connectivity index (χ3n) is 5.15. The van der Waals surface area contributed by atoms with Crippen LogP contribution in [0.4, 0.5) is 15.9 Å². The van der Waals surface area contributed by atoms with Crippen molar-refractivity contribution in [3.05, 3.63) is 72.3 Å². The summed E-state index contributed by atoms with van der Waals surface area (Å²) in [5.74, 6) is 0.502. The van der Waals surface area contributed by atoms with Crippen LogP contribution >= 0.6 is 0 Å². The van der Waals surface area contributed by atoms with E-state index in [1.807, 2.05) is 26.0 Å². The van der Waals surface area contributed by atoms with E-state index < -0.39 is 0 Å². The van der Waals surface area contributed by atoms with Crippen molar-refractivity contribution < 1.29 is 9.18 Å². The van der Waals surface area contributed by atoms with E-state index in [0.717, 1.165) is 37.3 Å². The Morgan fingerprint density at radius 1 is 0.861 bits per heavy atom. The fourth-order valence-electron chi connectivity index (χ4n) is 3.27. The Balaban J connectivity index is 0.000000982. The van der Waals surface area contributed by atoms with Crippen LogP contribution in [0.5, 0.6) is 0 Å². The van der Waals surface area contributed by atoms with Crippen molar-refractivity contribution in [3.8, 4) is 11.3 Å². The summed E-state index contributed by atoms with van der Waals surface area (Å²) in [6.07, 6.45) is 8.35. The number of hydrogen-bond acceptors (Lipinski definition) is 4. The molecule has 0 aliphatic heterocycles. The molecule has 3 aromatic rings. The van der Waals surface area contributed by atoms with Crippen molar-refractivity contribution in [2.45, 2.75) is 73.6 Å². The van der Waals surface area contributed by atoms with E-state index in [0.29, 0.717) is 16.9 Å². The molecule has 0 fully saturated rings. The average molecular weight is 495 g/mol. The highest BCUT2D eigenvalue weighted by atomic mass is 19.1. The van der Waals surface area contributed by atoms with Gasteiger partial charge in [0.1, 0.15) is 11.6 Å². The zero-order valence-corrected chi connectivity index (χ0v) is 22.9. The maximum Gasteiger partial charge on any atom is 0.228 e. The number of hydrogen-bond donors (Lipinski definition) is 1. The molecule has 1 aromatic carbocycles. The quantitative estimate of drug-likeness (QED) is 0.311. The number of rotatable bonds is 10. The van der Waals surface area contributed by atoms with Gasteiger partial charge in [0, 0.05) is 24.8 Å². The SMILES string of the molecule is CC.CCCC.CCCN(CCC)c1ccc(CC(=O)Nc2ccc(-c3cccc(F)c3)nc2)cn1. The van der Waals surface area contributed by atoms with Gasteiger partial charge < -0.3 is 10.2 Å². The second-order valence-electron chi connectivity index (χ2n) is 8.18. The number of unbranched alkanes of at least 4 members (excludes halogenated alkanes) is 1. The molecule has 0 radical (unpaired) electrons. The Morgan fingerprint density at radius 2 is 1.56 bits per heavy atom. The van der Waals surface area contributed by atoms with Crippen molar-refractivity contribution in [3.63, 3.8) is 0 Å². The highest BCUT2D eigenvalue weighted by molar-refractivity contribution is 5.92. The van der Waals surface area contributed by atoms with E-state index in [1.165, 1.54) is 25.0 Å². The van der Waals surface area contributed by atoms with Gasteiger partial charge in [0.25, 0.3) is 0 Å². The van der Waals surface area contributed by atoms with Crippen LogP contribution < -0.4 is 10.2 Å². The molecule has 1 N–H and O–H groups in total. The van der Waals surface area contributed by atoms with E-state index in [9.17, 15) is 9.18 Å². The smallest absolute Gasteiger partial charge is 0.228 e. The average Bonchev–Trinajstić information content (AvgIpc) is 2.91. The minimum Gasteiger partial charge on any atom is -0.357 e. The van der Waals surface area contributed by atoms with Gasteiger partial charge in [-0.3, -0.25) is 9.78 Å². The molecule has 5 nitrogen and oxygen atoms in total. The van der Waals surface area contributed by atoms with Crippen LogP contribution in [0.3, 0.4) is 0 Å². The molecule has 6 heteroatoms. The van der Waals surface area contributed by atoms with Gasteiger partial charge in [-0.1, -0.05) is 72.6 Å². The third-order valence-corrected chi connectivity index (χ3v) is 5.15. The molecule has 0 aliphatic rings. The molecule has 2 aromatic heterocycles. The van der Waals surface area contributed by atoms with Crippen molar-refractivity contribution in [2.24, 2.45) is 0 Å². The second kappa shape index (κ2) is 18.1. The largest absolute Gasteiger partial charge is 0.357 e. The topological polar surface area (TPSA) is 58.1 Å². The summed E-state index contributed by atoms with van der Waals surface area (Å²) in [7, 11) is 0. The Bertz CT molecular complexity index is 983. The minimum absolute atomic E-state index is 0.135. The molecule has 3 rings (SSSR count). The summed E-state index contributed by atoms with van der Waals surface area (Å²) in [6.45, 7) is 14.6. The number of halogens is 1. The van der Waals surface area contributed by atoms with Gasteiger partial charge in [-0.2, -0.15) is 0 Å². The number of carbonyl (C=O) groups is 1. The first-order valence-electron chi connectivity index (χ1n) is 13.2. The lowest BCUT2D eigenvalue weighted by molar-refractivity contribution is -0.115. The van der Waals surface area contributed by atoms with Crippen LogP contribution in [0.1, 0.15) is 72.8 Å². The van der Waals surface area contributed by atoms with Crippen LogP contribution in [0, 0.1) is 5.82 Å². The van der Waals surface area contributed by atoms with E-state index in [4.69, 9.17) is 0 Å². The molecular formula is C30H43FN4O. The van der Waals surface area contributed by atoms with E-state index in [1.54, 1.807) is 36.7 Å². The maximum atomic E-state index is 13.4. The summed E-state index contributed by atoms with van der Waals surface area (Å²) in [4.78, 5) is 23.5. The van der Waals surface area contributed by atoms with Crippen molar-refractivity contribution in [2.75, 3.05) is 23.3 Å². The van der Waals surface area contributed by atoms with E-state index >= 15 is 0 Å². The fraction of sp³-hybridized carbons (Fsp3) is 0.433. The molecule has 0 atom stereocenters. The maximum absolute atomic E-state index is 13.4. The third kappa shape index (κ3) is 11.0. The van der Waals surface area contributed by atoms with Gasteiger partial charge in [-0.25, -0.2) is 9.37 Å². The molecule has 36 heavy (non-hydrogen) atoms. The van der Waals surface area contributed by atoms with Gasteiger partial charge in [0.15, 0.2) is 0 Å². The number of aromatic nitrogens is 2. The van der Waals surface area contributed by atoms with E-state index in [-0.39, 0.29) is 18.1 Å². The van der Waals surface area contributed by atoms with Gasteiger partial charge in [-0.05, 0) is 48.7 Å². The van der Waals surface area contributed by atoms with Gasteiger partial charge in [-0.15, -0.1) is 0 Å². The number of anilines is 2. The highest BCUT2D eigenvalue weighted by Crippen LogP contribution is 2.19. The first-order valence-corrected chi connectivity index (χ1v) is 13.2. The number of carbonyl (C=O) groups excluding carboxylic acids is 1. The van der Waals surface area contributed by atoms with Crippen molar-refractivity contribution >= 4 is 17.4 Å². The van der Waals surface area contributed by atoms with Crippen LogP contribution in [-0.2, 0) is 11.2 Å².